The maximum Gasteiger partial charge on any atom is 0.444 e. The molecule has 0 aliphatic rings. The van der Waals surface area contributed by atoms with Crippen LogP contribution in [0.4, 0.5) is 9.59 Å². The molecule has 0 heterocycles. The SMILES string of the molecule is O=C(OCc1ccccc1)N(O)C(=O)OCc1ccccc1. The first-order valence-electron chi connectivity index (χ1n) is 6.57. The fourth-order valence-electron chi connectivity index (χ4n) is 1.64. The normalized spacial score (nSPS) is 9.86. The highest BCUT2D eigenvalue weighted by Crippen LogP contribution is 2.05. The van der Waals surface area contributed by atoms with Gasteiger partial charge in [-0.15, -0.1) is 0 Å². The second-order valence-corrected chi connectivity index (χ2v) is 4.39. The van der Waals surface area contributed by atoms with Gasteiger partial charge >= 0.3 is 12.2 Å². The third-order valence-electron chi connectivity index (χ3n) is 2.76. The van der Waals surface area contributed by atoms with Crippen LogP contribution < -0.4 is 0 Å². The van der Waals surface area contributed by atoms with E-state index in [1.807, 2.05) is 12.1 Å². The van der Waals surface area contributed by atoms with Gasteiger partial charge in [-0.2, -0.15) is 0 Å². The highest BCUT2D eigenvalue weighted by atomic mass is 16.7. The first-order valence-corrected chi connectivity index (χ1v) is 6.57. The Labute approximate surface area is 127 Å². The molecule has 2 rings (SSSR count). The Hall–Kier alpha value is -2.86. The third-order valence-corrected chi connectivity index (χ3v) is 2.76. The molecule has 2 aromatic rings. The zero-order chi connectivity index (χ0) is 15.8. The van der Waals surface area contributed by atoms with Gasteiger partial charge in [0.2, 0.25) is 0 Å². The van der Waals surface area contributed by atoms with E-state index in [9.17, 15) is 14.8 Å². The molecule has 0 atom stereocenters. The molecule has 2 aromatic carbocycles. The van der Waals surface area contributed by atoms with Crippen LogP contribution in [-0.4, -0.2) is 22.5 Å². The van der Waals surface area contributed by atoms with Gasteiger partial charge in [0.1, 0.15) is 13.2 Å². The number of carbonyl (C=O) groups excluding carboxylic acids is 2. The summed E-state index contributed by atoms with van der Waals surface area (Å²) in [6.45, 7) is -0.106. The molecule has 6 nitrogen and oxygen atoms in total. The topological polar surface area (TPSA) is 76.1 Å². The third kappa shape index (κ3) is 4.60. The summed E-state index contributed by atoms with van der Waals surface area (Å²) in [7, 11) is 0. The van der Waals surface area contributed by atoms with Crippen LogP contribution in [0.5, 0.6) is 0 Å². The van der Waals surface area contributed by atoms with E-state index < -0.39 is 12.2 Å². The summed E-state index contributed by atoms with van der Waals surface area (Å²) in [5, 5.41) is 9.24. The quantitative estimate of drug-likeness (QED) is 0.692. The van der Waals surface area contributed by atoms with Gasteiger partial charge in [0.05, 0.1) is 0 Å². The van der Waals surface area contributed by atoms with Crippen molar-refractivity contribution >= 4 is 12.2 Å². The summed E-state index contributed by atoms with van der Waals surface area (Å²) in [4.78, 5) is 23.0. The average molecular weight is 301 g/mol. The molecule has 1 N–H and O–H groups in total. The summed E-state index contributed by atoms with van der Waals surface area (Å²) >= 11 is 0. The number of rotatable bonds is 4. The van der Waals surface area contributed by atoms with Crippen molar-refractivity contribution in [2.75, 3.05) is 0 Å². The van der Waals surface area contributed by atoms with Crippen molar-refractivity contribution in [3.63, 3.8) is 0 Å². The van der Waals surface area contributed by atoms with Crippen LogP contribution in [0.2, 0.25) is 0 Å². The van der Waals surface area contributed by atoms with Crippen molar-refractivity contribution in [1.29, 1.82) is 0 Å². The minimum Gasteiger partial charge on any atom is -0.443 e. The summed E-state index contributed by atoms with van der Waals surface area (Å²) in [6, 6.07) is 17.8. The van der Waals surface area contributed by atoms with E-state index in [1.54, 1.807) is 48.5 Å². The second-order valence-electron chi connectivity index (χ2n) is 4.39. The number of ether oxygens (including phenoxy) is 2. The van der Waals surface area contributed by atoms with Gasteiger partial charge in [0, 0.05) is 0 Å². The molecule has 0 fully saturated rings. The van der Waals surface area contributed by atoms with Gasteiger partial charge in [0.25, 0.3) is 0 Å². The molecule has 0 saturated carbocycles. The predicted molar refractivity (Wildman–Crippen MR) is 76.9 cm³/mol. The Bertz CT molecular complexity index is 559. The van der Waals surface area contributed by atoms with Crippen LogP contribution in [0.1, 0.15) is 11.1 Å². The molecule has 0 spiro atoms. The molecule has 6 heteroatoms. The zero-order valence-corrected chi connectivity index (χ0v) is 11.7. The van der Waals surface area contributed by atoms with Gasteiger partial charge in [-0.25, -0.2) is 9.59 Å². The lowest BCUT2D eigenvalue weighted by molar-refractivity contribution is -0.0657. The second kappa shape index (κ2) is 7.80. The number of hydrogen-bond donors (Lipinski definition) is 1. The maximum absolute atomic E-state index is 11.5. The van der Waals surface area contributed by atoms with E-state index in [0.29, 0.717) is 0 Å². The van der Waals surface area contributed by atoms with E-state index in [0.717, 1.165) is 11.1 Å². The van der Waals surface area contributed by atoms with Crippen molar-refractivity contribution in [3.8, 4) is 0 Å². The molecule has 114 valence electrons. The Morgan fingerprint density at radius 2 is 1.14 bits per heavy atom. The minimum absolute atomic E-state index is 0.0529. The number of hydrogen-bond acceptors (Lipinski definition) is 5. The fraction of sp³-hybridized carbons (Fsp3) is 0.125. The van der Waals surface area contributed by atoms with Crippen LogP contribution in [0, 0.1) is 0 Å². The molecule has 22 heavy (non-hydrogen) atoms. The summed E-state index contributed by atoms with van der Waals surface area (Å²) in [5.74, 6) is 0. The standard InChI is InChI=1S/C16H15NO5/c18-15(21-11-13-7-3-1-4-8-13)17(20)16(19)22-12-14-9-5-2-6-10-14/h1-10,20H,11-12H2. The number of imide groups is 1. The lowest BCUT2D eigenvalue weighted by Crippen LogP contribution is -2.34. The molecule has 0 aliphatic carbocycles. The van der Waals surface area contributed by atoms with Gasteiger partial charge in [0.15, 0.2) is 0 Å². The molecule has 0 aromatic heterocycles. The molecular formula is C16H15NO5. The largest absolute Gasteiger partial charge is 0.444 e. The average Bonchev–Trinajstić information content (AvgIpc) is 2.58. The van der Waals surface area contributed by atoms with Crippen molar-refractivity contribution in [1.82, 2.24) is 5.06 Å². The van der Waals surface area contributed by atoms with Gasteiger partial charge in [-0.3, -0.25) is 5.21 Å². The Morgan fingerprint density at radius 1 is 0.773 bits per heavy atom. The summed E-state index contributed by atoms with van der Waals surface area (Å²) in [5.41, 5.74) is 1.48. The fourth-order valence-corrected chi connectivity index (χ4v) is 1.64. The maximum atomic E-state index is 11.5. The Kier molecular flexibility index (Phi) is 5.50. The minimum atomic E-state index is -1.19. The predicted octanol–water partition coefficient (Wildman–Crippen LogP) is 3.35. The molecule has 0 radical (unpaired) electrons. The molecule has 0 bridgehead atoms. The highest BCUT2D eigenvalue weighted by Gasteiger charge is 2.22. The van der Waals surface area contributed by atoms with Gasteiger partial charge in [-0.05, 0) is 11.1 Å². The summed E-state index contributed by atoms with van der Waals surface area (Å²) in [6.07, 6.45) is -2.39. The monoisotopic (exact) mass is 301 g/mol. The number of hydroxylamine groups is 2. The van der Waals surface area contributed by atoms with Gasteiger partial charge < -0.3 is 9.47 Å². The molecule has 2 amide bonds. The summed E-state index contributed by atoms with van der Waals surface area (Å²) < 4.78 is 9.60. The van der Waals surface area contributed by atoms with Gasteiger partial charge in [-0.1, -0.05) is 65.7 Å². The van der Waals surface area contributed by atoms with Crippen LogP contribution in [0.15, 0.2) is 60.7 Å². The van der Waals surface area contributed by atoms with E-state index in [-0.39, 0.29) is 18.3 Å². The lowest BCUT2D eigenvalue weighted by Gasteiger charge is -2.13. The van der Waals surface area contributed by atoms with E-state index in [1.165, 1.54) is 0 Å². The van der Waals surface area contributed by atoms with Crippen LogP contribution in [-0.2, 0) is 22.7 Å². The molecule has 0 saturated heterocycles. The Balaban J connectivity index is 1.78. The van der Waals surface area contributed by atoms with E-state index in [4.69, 9.17) is 9.47 Å². The number of benzene rings is 2. The first-order chi connectivity index (χ1) is 10.7. The zero-order valence-electron chi connectivity index (χ0n) is 11.7. The van der Waals surface area contributed by atoms with Crippen molar-refractivity contribution in [2.45, 2.75) is 13.2 Å². The lowest BCUT2D eigenvalue weighted by atomic mass is 10.2. The van der Waals surface area contributed by atoms with Crippen LogP contribution in [0.25, 0.3) is 0 Å². The smallest absolute Gasteiger partial charge is 0.443 e. The Morgan fingerprint density at radius 3 is 1.50 bits per heavy atom. The molecular weight excluding hydrogens is 286 g/mol. The number of nitrogens with zero attached hydrogens (tertiary/aromatic N) is 1. The van der Waals surface area contributed by atoms with Crippen molar-refractivity contribution < 1.29 is 24.3 Å². The number of amides is 2. The molecule has 0 aliphatic heterocycles. The highest BCUT2D eigenvalue weighted by molar-refractivity contribution is 5.85. The first kappa shape index (κ1) is 15.5. The van der Waals surface area contributed by atoms with Crippen molar-refractivity contribution in [3.05, 3.63) is 71.8 Å². The van der Waals surface area contributed by atoms with E-state index >= 15 is 0 Å². The molecule has 0 unspecified atom stereocenters. The van der Waals surface area contributed by atoms with E-state index in [2.05, 4.69) is 0 Å². The number of carbonyl (C=O) groups is 2. The van der Waals surface area contributed by atoms with Crippen LogP contribution in [0.3, 0.4) is 0 Å². The van der Waals surface area contributed by atoms with Crippen molar-refractivity contribution in [2.24, 2.45) is 0 Å². The van der Waals surface area contributed by atoms with Crippen LogP contribution >= 0.6 is 0 Å².